The Morgan fingerprint density at radius 2 is 1.86 bits per heavy atom. The van der Waals surface area contributed by atoms with Gasteiger partial charge in [-0.2, -0.15) is 0 Å². The van der Waals surface area contributed by atoms with Crippen LogP contribution in [0.15, 0.2) is 36.7 Å². The van der Waals surface area contributed by atoms with Crippen molar-refractivity contribution in [2.75, 3.05) is 0 Å². The zero-order valence-electron chi connectivity index (χ0n) is 15.7. The lowest BCUT2D eigenvalue weighted by molar-refractivity contribution is 0.406. The van der Waals surface area contributed by atoms with Gasteiger partial charge in [-0.25, -0.2) is 18.7 Å². The SMILES string of the molecule is CC(c1nc2ccc(Cl)cc2[nH]1)C1C2CC(n3cnc4cc(F)c(F)cc43)CC21. The third-order valence-corrected chi connectivity index (χ3v) is 7.20. The monoisotopic (exact) mass is 412 g/mol. The summed E-state index contributed by atoms with van der Waals surface area (Å²) < 4.78 is 29.2. The van der Waals surface area contributed by atoms with Gasteiger partial charge in [0.05, 0.1) is 28.4 Å². The molecule has 6 rings (SSSR count). The predicted octanol–water partition coefficient (Wildman–Crippen LogP) is 5.85. The number of rotatable bonds is 3. The molecule has 0 spiro atoms. The second-order valence-electron chi connectivity index (χ2n) is 8.51. The number of aromatic amines is 1. The zero-order valence-corrected chi connectivity index (χ0v) is 16.5. The van der Waals surface area contributed by atoms with Gasteiger partial charge in [0.2, 0.25) is 0 Å². The van der Waals surface area contributed by atoms with Crippen molar-refractivity contribution in [2.24, 2.45) is 17.8 Å². The molecule has 2 saturated carbocycles. The van der Waals surface area contributed by atoms with Gasteiger partial charge >= 0.3 is 0 Å². The van der Waals surface area contributed by atoms with Crippen molar-refractivity contribution in [2.45, 2.75) is 31.7 Å². The highest BCUT2D eigenvalue weighted by atomic mass is 35.5. The van der Waals surface area contributed by atoms with Crippen LogP contribution in [0, 0.1) is 29.4 Å². The molecule has 2 heterocycles. The van der Waals surface area contributed by atoms with Crippen molar-refractivity contribution in [1.29, 1.82) is 0 Å². The Morgan fingerprint density at radius 3 is 2.66 bits per heavy atom. The lowest BCUT2D eigenvalue weighted by atomic mass is 9.96. The number of imidazole rings is 2. The first-order valence-corrected chi connectivity index (χ1v) is 10.3. The van der Waals surface area contributed by atoms with E-state index in [9.17, 15) is 8.78 Å². The van der Waals surface area contributed by atoms with Gasteiger partial charge < -0.3 is 9.55 Å². The van der Waals surface area contributed by atoms with E-state index in [4.69, 9.17) is 16.6 Å². The summed E-state index contributed by atoms with van der Waals surface area (Å²) >= 11 is 6.09. The number of nitrogens with one attached hydrogen (secondary N) is 1. The number of aromatic nitrogens is 4. The molecular formula is C22H19ClF2N4. The number of nitrogens with zero attached hydrogens (tertiary/aromatic N) is 3. The number of fused-ring (bicyclic) bond motifs is 3. The van der Waals surface area contributed by atoms with Crippen LogP contribution in [0.3, 0.4) is 0 Å². The van der Waals surface area contributed by atoms with Crippen LogP contribution in [-0.4, -0.2) is 19.5 Å². The molecule has 4 nitrogen and oxygen atoms in total. The maximum atomic E-state index is 13.7. The van der Waals surface area contributed by atoms with Crippen LogP contribution >= 0.6 is 11.6 Å². The van der Waals surface area contributed by atoms with Crippen LogP contribution in [0.5, 0.6) is 0 Å². The van der Waals surface area contributed by atoms with Crippen molar-refractivity contribution < 1.29 is 8.78 Å². The molecule has 2 aliphatic rings. The second kappa shape index (κ2) is 6.02. The van der Waals surface area contributed by atoms with E-state index in [1.165, 1.54) is 12.1 Å². The van der Waals surface area contributed by atoms with Crippen molar-refractivity contribution in [3.8, 4) is 0 Å². The largest absolute Gasteiger partial charge is 0.342 e. The van der Waals surface area contributed by atoms with E-state index in [0.29, 0.717) is 39.7 Å². The van der Waals surface area contributed by atoms with Crippen molar-refractivity contribution in [3.05, 3.63) is 59.1 Å². The number of H-pyrrole nitrogens is 1. The van der Waals surface area contributed by atoms with Gasteiger partial charge in [-0.3, -0.25) is 0 Å². The molecule has 2 aromatic carbocycles. The topological polar surface area (TPSA) is 46.5 Å². The maximum absolute atomic E-state index is 13.7. The Bertz CT molecular complexity index is 1250. The molecule has 148 valence electrons. The van der Waals surface area contributed by atoms with Gasteiger partial charge in [-0.1, -0.05) is 18.5 Å². The van der Waals surface area contributed by atoms with Crippen LogP contribution in [0.25, 0.3) is 22.1 Å². The van der Waals surface area contributed by atoms with E-state index in [1.54, 1.807) is 6.33 Å². The quantitative estimate of drug-likeness (QED) is 0.459. The predicted molar refractivity (Wildman–Crippen MR) is 108 cm³/mol. The van der Waals surface area contributed by atoms with Gasteiger partial charge in [0.1, 0.15) is 5.82 Å². The van der Waals surface area contributed by atoms with E-state index in [0.717, 1.165) is 29.7 Å². The summed E-state index contributed by atoms with van der Waals surface area (Å²) in [7, 11) is 0. The van der Waals surface area contributed by atoms with Crippen molar-refractivity contribution in [3.63, 3.8) is 0 Å². The highest BCUT2D eigenvalue weighted by Gasteiger charge is 2.58. The summed E-state index contributed by atoms with van der Waals surface area (Å²) in [6.07, 6.45) is 3.80. The highest BCUT2D eigenvalue weighted by molar-refractivity contribution is 6.31. The molecule has 0 radical (unpaired) electrons. The van der Waals surface area contributed by atoms with E-state index >= 15 is 0 Å². The number of hydrogen-bond acceptors (Lipinski definition) is 2. The lowest BCUT2D eigenvalue weighted by Crippen LogP contribution is -2.11. The molecule has 4 aromatic rings. The minimum absolute atomic E-state index is 0.290. The van der Waals surface area contributed by atoms with E-state index < -0.39 is 11.6 Å². The van der Waals surface area contributed by atoms with Crippen LogP contribution in [0.4, 0.5) is 8.78 Å². The summed E-state index contributed by atoms with van der Waals surface area (Å²) in [5, 5.41) is 0.704. The Labute approximate surface area is 170 Å². The Kier molecular flexibility index (Phi) is 3.61. The number of halogens is 3. The van der Waals surface area contributed by atoms with Crippen LogP contribution in [-0.2, 0) is 0 Å². The molecule has 3 unspecified atom stereocenters. The third kappa shape index (κ3) is 2.61. The highest BCUT2D eigenvalue weighted by Crippen LogP contribution is 2.65. The average molecular weight is 413 g/mol. The van der Waals surface area contributed by atoms with Gasteiger partial charge in [0, 0.05) is 29.1 Å². The summed E-state index contributed by atoms with van der Waals surface area (Å²) in [6.45, 7) is 2.24. The molecule has 2 aromatic heterocycles. The maximum Gasteiger partial charge on any atom is 0.161 e. The van der Waals surface area contributed by atoms with Gasteiger partial charge in [0.15, 0.2) is 11.6 Å². The minimum Gasteiger partial charge on any atom is -0.342 e. The first-order valence-electron chi connectivity index (χ1n) is 9.96. The molecule has 2 fully saturated rings. The summed E-state index contributed by atoms with van der Waals surface area (Å²) in [5.41, 5.74) is 3.10. The zero-order chi connectivity index (χ0) is 19.9. The van der Waals surface area contributed by atoms with E-state index in [1.807, 2.05) is 22.8 Å². The average Bonchev–Trinajstić information content (AvgIpc) is 3.09. The fourth-order valence-corrected chi connectivity index (χ4v) is 5.72. The van der Waals surface area contributed by atoms with Crippen LogP contribution in [0.2, 0.25) is 5.02 Å². The molecular weight excluding hydrogens is 394 g/mol. The molecule has 0 bridgehead atoms. The first-order chi connectivity index (χ1) is 14.0. The summed E-state index contributed by atoms with van der Waals surface area (Å²) in [4.78, 5) is 12.5. The van der Waals surface area contributed by atoms with Crippen LogP contribution in [0.1, 0.15) is 37.5 Å². The van der Waals surface area contributed by atoms with Crippen molar-refractivity contribution in [1.82, 2.24) is 19.5 Å². The molecule has 0 amide bonds. The molecule has 3 atom stereocenters. The number of hydrogen-bond donors (Lipinski definition) is 1. The summed E-state index contributed by atoms with van der Waals surface area (Å²) in [6, 6.07) is 8.45. The van der Waals surface area contributed by atoms with E-state index in [-0.39, 0.29) is 6.04 Å². The van der Waals surface area contributed by atoms with Gasteiger partial charge in [-0.05, 0) is 48.8 Å². The second-order valence-corrected chi connectivity index (χ2v) is 8.95. The summed E-state index contributed by atoms with van der Waals surface area (Å²) in [5.74, 6) is 1.57. The Morgan fingerprint density at radius 1 is 1.10 bits per heavy atom. The van der Waals surface area contributed by atoms with Crippen molar-refractivity contribution >= 4 is 33.7 Å². The van der Waals surface area contributed by atoms with Gasteiger partial charge in [-0.15, -0.1) is 0 Å². The fraction of sp³-hybridized carbons (Fsp3) is 0.364. The third-order valence-electron chi connectivity index (χ3n) is 6.97. The molecule has 0 aliphatic heterocycles. The van der Waals surface area contributed by atoms with Crippen LogP contribution < -0.4 is 0 Å². The minimum atomic E-state index is -0.849. The van der Waals surface area contributed by atoms with E-state index in [2.05, 4.69) is 16.9 Å². The Hall–Kier alpha value is -2.47. The molecule has 2 aliphatic carbocycles. The fourth-order valence-electron chi connectivity index (χ4n) is 5.54. The lowest BCUT2D eigenvalue weighted by Gasteiger charge is -2.19. The molecule has 1 N–H and O–H groups in total. The molecule has 7 heteroatoms. The smallest absolute Gasteiger partial charge is 0.161 e. The normalized spacial score (nSPS) is 26.9. The molecule has 0 saturated heterocycles. The standard InChI is InChI=1S/C22H19ClF2N4/c1-10(22-27-17-3-2-11(23)4-18(17)28-22)21-13-5-12(6-14(13)21)29-9-26-19-7-15(24)16(25)8-20(19)29/h2-4,7-10,12-14,21H,5-6H2,1H3,(H,27,28). The van der Waals surface area contributed by atoms with Gasteiger partial charge in [0.25, 0.3) is 0 Å². The first kappa shape index (κ1) is 17.4. The Balaban J connectivity index is 1.22. The molecule has 29 heavy (non-hydrogen) atoms. The number of benzene rings is 2.